The van der Waals surface area contributed by atoms with Crippen molar-refractivity contribution in [1.29, 1.82) is 21.0 Å². The van der Waals surface area contributed by atoms with Crippen LogP contribution in [0.15, 0.2) is 41.6 Å². The number of nitriles is 4. The lowest BCUT2D eigenvalue weighted by Crippen LogP contribution is -2.25. The maximum absolute atomic E-state index is 9.81. The van der Waals surface area contributed by atoms with Crippen LogP contribution in [0.25, 0.3) is 0 Å². The first-order valence-electron chi connectivity index (χ1n) is 7.81. The van der Waals surface area contributed by atoms with Gasteiger partial charge in [0.2, 0.25) is 0 Å². The Hall–Kier alpha value is -4.53. The van der Waals surface area contributed by atoms with Gasteiger partial charge in [-0.05, 0) is 5.56 Å². The number of nitrogens with zero attached hydrogens (tertiary/aromatic N) is 5. The monoisotopic (exact) mass is 352 g/mol. The third kappa shape index (κ3) is 2.65. The van der Waals surface area contributed by atoms with E-state index in [0.29, 0.717) is 11.1 Å². The average Bonchev–Trinajstić information content (AvgIpc) is 2.69. The topological polar surface area (TPSA) is 172 Å². The van der Waals surface area contributed by atoms with Crippen LogP contribution >= 0.6 is 0 Å². The molecule has 128 valence electrons. The van der Waals surface area contributed by atoms with Crippen LogP contribution in [0.1, 0.15) is 22.6 Å². The molecule has 1 aromatic heterocycles. The summed E-state index contributed by atoms with van der Waals surface area (Å²) in [7, 11) is 0. The molecular formula is C19H12N8. The molecule has 1 aliphatic rings. The molecule has 5 N–H and O–H groups in total. The van der Waals surface area contributed by atoms with E-state index in [1.165, 1.54) is 0 Å². The summed E-state index contributed by atoms with van der Waals surface area (Å²) in [5.41, 5.74) is 13.6. The van der Waals surface area contributed by atoms with Crippen LogP contribution in [0, 0.1) is 51.2 Å². The standard InChI is InChI=1S/C19H12N8/c20-6-11(7-21)17-12(8-22)14(10-4-2-1-3-5-10)15-16(24)13(9-23)18(25)27-19(15)26-17/h1-5,11,14H,(H5,24,25,26,27). The van der Waals surface area contributed by atoms with E-state index >= 15 is 0 Å². The number of nitrogens with two attached hydrogens (primary N) is 2. The Bertz CT molecular complexity index is 1110. The third-order valence-corrected chi connectivity index (χ3v) is 4.34. The van der Waals surface area contributed by atoms with E-state index in [9.17, 15) is 21.0 Å². The quantitative estimate of drug-likeness (QED) is 0.737. The number of allylic oxidation sites excluding steroid dienone is 2. The molecule has 0 fully saturated rings. The van der Waals surface area contributed by atoms with Crippen LogP contribution in [0.3, 0.4) is 0 Å². The summed E-state index contributed by atoms with van der Waals surface area (Å²) in [6, 6.07) is 16.8. The number of fused-ring (bicyclic) bond motifs is 1. The third-order valence-electron chi connectivity index (χ3n) is 4.34. The number of pyridine rings is 1. The molecular weight excluding hydrogens is 340 g/mol. The van der Waals surface area contributed by atoms with Crippen molar-refractivity contribution in [3.8, 4) is 24.3 Å². The zero-order valence-electron chi connectivity index (χ0n) is 13.9. The molecule has 3 rings (SSSR count). The summed E-state index contributed by atoms with van der Waals surface area (Å²) >= 11 is 0. The van der Waals surface area contributed by atoms with Gasteiger partial charge < -0.3 is 16.8 Å². The molecule has 0 bridgehead atoms. The second-order valence-electron chi connectivity index (χ2n) is 5.76. The van der Waals surface area contributed by atoms with E-state index in [4.69, 9.17) is 11.5 Å². The summed E-state index contributed by atoms with van der Waals surface area (Å²) in [5.74, 6) is -1.73. The van der Waals surface area contributed by atoms with Gasteiger partial charge in [-0.3, -0.25) is 0 Å². The summed E-state index contributed by atoms with van der Waals surface area (Å²) in [6.45, 7) is 0. The largest absolute Gasteiger partial charge is 0.397 e. The number of nitrogens with one attached hydrogen (secondary N) is 1. The molecule has 2 aromatic rings. The van der Waals surface area contributed by atoms with Crippen molar-refractivity contribution in [2.45, 2.75) is 5.92 Å². The van der Waals surface area contributed by atoms with Gasteiger partial charge in [0.05, 0.1) is 41.1 Å². The zero-order valence-corrected chi connectivity index (χ0v) is 13.9. The van der Waals surface area contributed by atoms with E-state index in [1.807, 2.05) is 24.3 Å². The fourth-order valence-electron chi connectivity index (χ4n) is 3.13. The normalized spacial score (nSPS) is 14.9. The minimum atomic E-state index is -1.20. The number of anilines is 3. The van der Waals surface area contributed by atoms with Crippen molar-refractivity contribution in [2.24, 2.45) is 5.92 Å². The molecule has 0 saturated heterocycles. The van der Waals surface area contributed by atoms with Crippen molar-refractivity contribution in [3.05, 3.63) is 58.3 Å². The number of aromatic nitrogens is 1. The molecule has 0 radical (unpaired) electrons. The van der Waals surface area contributed by atoms with Crippen molar-refractivity contribution in [2.75, 3.05) is 16.8 Å². The minimum Gasteiger partial charge on any atom is -0.397 e. The lowest BCUT2D eigenvalue weighted by atomic mass is 9.79. The second-order valence-corrected chi connectivity index (χ2v) is 5.76. The highest BCUT2D eigenvalue weighted by molar-refractivity contribution is 5.80. The second kappa shape index (κ2) is 6.76. The van der Waals surface area contributed by atoms with Gasteiger partial charge in [-0.2, -0.15) is 21.0 Å². The zero-order chi connectivity index (χ0) is 19.6. The van der Waals surface area contributed by atoms with Crippen LogP contribution in [-0.2, 0) is 0 Å². The Labute approximate surface area is 155 Å². The lowest BCUT2D eigenvalue weighted by Gasteiger charge is -2.30. The van der Waals surface area contributed by atoms with Crippen LogP contribution in [0.2, 0.25) is 0 Å². The Kier molecular flexibility index (Phi) is 4.33. The molecule has 27 heavy (non-hydrogen) atoms. The van der Waals surface area contributed by atoms with Crippen molar-refractivity contribution in [1.82, 2.24) is 4.98 Å². The van der Waals surface area contributed by atoms with Crippen molar-refractivity contribution < 1.29 is 0 Å². The fraction of sp³-hybridized carbons (Fsp3) is 0.105. The number of nitrogen functional groups attached to an aromatic ring is 2. The van der Waals surface area contributed by atoms with E-state index in [0.717, 1.165) is 0 Å². The van der Waals surface area contributed by atoms with E-state index in [2.05, 4.69) is 16.4 Å². The molecule has 1 atom stereocenters. The summed E-state index contributed by atoms with van der Waals surface area (Å²) in [6.07, 6.45) is 0. The van der Waals surface area contributed by atoms with Gasteiger partial charge in [-0.1, -0.05) is 30.3 Å². The molecule has 2 heterocycles. The molecule has 0 amide bonds. The van der Waals surface area contributed by atoms with E-state index < -0.39 is 11.8 Å². The predicted octanol–water partition coefficient (Wildman–Crippen LogP) is 2.12. The fourth-order valence-corrected chi connectivity index (χ4v) is 3.13. The van der Waals surface area contributed by atoms with Crippen LogP contribution < -0.4 is 16.8 Å². The first kappa shape index (κ1) is 17.3. The van der Waals surface area contributed by atoms with Gasteiger partial charge in [0.25, 0.3) is 0 Å². The predicted molar refractivity (Wildman–Crippen MR) is 97.0 cm³/mol. The molecule has 8 nitrogen and oxygen atoms in total. The van der Waals surface area contributed by atoms with Gasteiger partial charge in [-0.15, -0.1) is 0 Å². The Balaban J connectivity index is 2.40. The lowest BCUT2D eigenvalue weighted by molar-refractivity contribution is 0.870. The SMILES string of the molecule is N#CC1=C(C(C#N)C#N)Nc2nc(N)c(C#N)c(N)c2C1c1ccccc1. The summed E-state index contributed by atoms with van der Waals surface area (Å²) in [4.78, 5) is 4.19. The Morgan fingerprint density at radius 1 is 1.00 bits per heavy atom. The highest BCUT2D eigenvalue weighted by Crippen LogP contribution is 2.46. The highest BCUT2D eigenvalue weighted by atomic mass is 15.1. The Morgan fingerprint density at radius 3 is 2.22 bits per heavy atom. The average molecular weight is 352 g/mol. The summed E-state index contributed by atoms with van der Waals surface area (Å²) in [5, 5.41) is 40.7. The number of hydrogen-bond acceptors (Lipinski definition) is 8. The van der Waals surface area contributed by atoms with Gasteiger partial charge >= 0.3 is 0 Å². The van der Waals surface area contributed by atoms with Crippen LogP contribution in [0.4, 0.5) is 17.3 Å². The van der Waals surface area contributed by atoms with Gasteiger partial charge in [0, 0.05) is 5.56 Å². The van der Waals surface area contributed by atoms with Crippen molar-refractivity contribution in [3.63, 3.8) is 0 Å². The first-order chi connectivity index (χ1) is 13.1. The highest BCUT2D eigenvalue weighted by Gasteiger charge is 2.36. The van der Waals surface area contributed by atoms with E-state index in [1.54, 1.807) is 24.3 Å². The Morgan fingerprint density at radius 2 is 1.67 bits per heavy atom. The number of rotatable bonds is 2. The number of hydrogen-bond donors (Lipinski definition) is 3. The molecule has 1 unspecified atom stereocenters. The maximum Gasteiger partial charge on any atom is 0.173 e. The van der Waals surface area contributed by atoms with Crippen molar-refractivity contribution >= 4 is 17.3 Å². The maximum atomic E-state index is 9.81. The van der Waals surface area contributed by atoms with Crippen LogP contribution in [0.5, 0.6) is 0 Å². The van der Waals surface area contributed by atoms with Gasteiger partial charge in [0.15, 0.2) is 5.92 Å². The smallest absolute Gasteiger partial charge is 0.173 e. The summed E-state index contributed by atoms with van der Waals surface area (Å²) < 4.78 is 0. The molecule has 0 saturated carbocycles. The molecule has 0 spiro atoms. The molecule has 1 aromatic carbocycles. The van der Waals surface area contributed by atoms with Gasteiger partial charge in [0.1, 0.15) is 23.3 Å². The van der Waals surface area contributed by atoms with Crippen LogP contribution in [-0.4, -0.2) is 4.98 Å². The molecule has 8 heteroatoms. The molecule has 1 aliphatic heterocycles. The first-order valence-corrected chi connectivity index (χ1v) is 7.81. The number of benzene rings is 1. The molecule has 0 aliphatic carbocycles. The van der Waals surface area contributed by atoms with E-state index in [-0.39, 0.29) is 34.2 Å². The minimum absolute atomic E-state index is 0.0225. The van der Waals surface area contributed by atoms with Gasteiger partial charge in [-0.25, -0.2) is 4.98 Å².